The first-order valence-electron chi connectivity index (χ1n) is 7.22. The van der Waals surface area contributed by atoms with E-state index in [0.29, 0.717) is 0 Å². The number of rotatable bonds is 4. The molecule has 100 valence electrons. The molecular weight excluding hydrogens is 225 g/mol. The Hall–Kier alpha value is -0.890. The van der Waals surface area contributed by atoms with Gasteiger partial charge in [0.1, 0.15) is 5.82 Å². The van der Waals surface area contributed by atoms with Gasteiger partial charge in [0.25, 0.3) is 0 Å². The third-order valence-corrected chi connectivity index (χ3v) is 4.20. The molecule has 0 atom stereocenters. The third kappa shape index (κ3) is 3.32. The van der Waals surface area contributed by atoms with Crippen molar-refractivity contribution >= 4 is 0 Å². The second kappa shape index (κ2) is 6.33. The lowest BCUT2D eigenvalue weighted by Crippen LogP contribution is -2.33. The molecule has 1 nitrogen and oxygen atoms in total. The van der Waals surface area contributed by atoms with Crippen LogP contribution in [-0.4, -0.2) is 18.0 Å². The maximum Gasteiger partial charge on any atom is 0.127 e. The number of halogens is 1. The molecule has 1 saturated heterocycles. The summed E-state index contributed by atoms with van der Waals surface area (Å²) in [5.41, 5.74) is 2.10. The fourth-order valence-corrected chi connectivity index (χ4v) is 2.76. The Labute approximate surface area is 110 Å². The van der Waals surface area contributed by atoms with Gasteiger partial charge in [-0.1, -0.05) is 32.4 Å². The van der Waals surface area contributed by atoms with Crippen molar-refractivity contribution in [3.63, 3.8) is 0 Å². The smallest absolute Gasteiger partial charge is 0.127 e. The molecule has 1 aromatic rings. The van der Waals surface area contributed by atoms with E-state index in [0.717, 1.165) is 37.5 Å². The summed E-state index contributed by atoms with van der Waals surface area (Å²) in [7, 11) is 0. The summed E-state index contributed by atoms with van der Waals surface area (Å²) in [5, 5.41) is 0. The Bertz CT molecular complexity index is 381. The summed E-state index contributed by atoms with van der Waals surface area (Å²) in [6, 6.07) is 5.54. The molecule has 0 spiro atoms. The number of aryl methyl sites for hydroxylation is 1. The van der Waals surface area contributed by atoms with Crippen LogP contribution >= 0.6 is 0 Å². The first kappa shape index (κ1) is 13.5. The van der Waals surface area contributed by atoms with E-state index in [4.69, 9.17) is 0 Å². The SMILES string of the molecule is CCc1ccc(F)c(CN2CCC(CC)CC2)c1. The van der Waals surface area contributed by atoms with Crippen molar-refractivity contribution in [2.75, 3.05) is 13.1 Å². The second-order valence-corrected chi connectivity index (χ2v) is 5.41. The Balaban J connectivity index is 1.97. The zero-order chi connectivity index (χ0) is 13.0. The van der Waals surface area contributed by atoms with Gasteiger partial charge in [-0.2, -0.15) is 0 Å². The number of hydrogen-bond acceptors (Lipinski definition) is 1. The highest BCUT2D eigenvalue weighted by molar-refractivity contribution is 5.25. The molecule has 0 amide bonds. The predicted molar refractivity (Wildman–Crippen MR) is 74.1 cm³/mol. The molecule has 0 saturated carbocycles. The van der Waals surface area contributed by atoms with Gasteiger partial charge in [-0.3, -0.25) is 4.90 Å². The van der Waals surface area contributed by atoms with Crippen molar-refractivity contribution in [2.45, 2.75) is 46.1 Å². The summed E-state index contributed by atoms with van der Waals surface area (Å²) in [6.45, 7) is 7.40. The summed E-state index contributed by atoms with van der Waals surface area (Å²) in [5.74, 6) is 0.831. The number of nitrogens with zero attached hydrogens (tertiary/aromatic N) is 1. The molecule has 0 aliphatic carbocycles. The zero-order valence-electron chi connectivity index (χ0n) is 11.6. The Morgan fingerprint density at radius 2 is 1.94 bits per heavy atom. The molecule has 0 unspecified atom stereocenters. The van der Waals surface area contributed by atoms with Gasteiger partial charge in [0.15, 0.2) is 0 Å². The van der Waals surface area contributed by atoms with E-state index < -0.39 is 0 Å². The van der Waals surface area contributed by atoms with Crippen molar-refractivity contribution in [2.24, 2.45) is 5.92 Å². The topological polar surface area (TPSA) is 3.24 Å². The van der Waals surface area contributed by atoms with Gasteiger partial charge in [0, 0.05) is 12.1 Å². The molecule has 0 radical (unpaired) electrons. The van der Waals surface area contributed by atoms with Gasteiger partial charge < -0.3 is 0 Å². The Morgan fingerprint density at radius 3 is 2.56 bits per heavy atom. The van der Waals surface area contributed by atoms with Crippen LogP contribution in [0.3, 0.4) is 0 Å². The maximum atomic E-state index is 13.8. The standard InChI is InChI=1S/C16H24FN/c1-3-13-7-9-18(10-8-13)12-15-11-14(4-2)5-6-16(15)17/h5-6,11,13H,3-4,7-10,12H2,1-2H3. The normalized spacial score (nSPS) is 18.2. The Morgan fingerprint density at radius 1 is 1.22 bits per heavy atom. The van der Waals surface area contributed by atoms with Gasteiger partial charge in [-0.25, -0.2) is 4.39 Å². The van der Waals surface area contributed by atoms with Crippen LogP contribution in [0.25, 0.3) is 0 Å². The lowest BCUT2D eigenvalue weighted by Gasteiger charge is -2.31. The number of likely N-dealkylation sites (tertiary alicyclic amines) is 1. The summed E-state index contributed by atoms with van der Waals surface area (Å²) < 4.78 is 13.8. The molecule has 0 aromatic heterocycles. The number of hydrogen-bond donors (Lipinski definition) is 0. The van der Waals surface area contributed by atoms with E-state index in [9.17, 15) is 4.39 Å². The largest absolute Gasteiger partial charge is 0.299 e. The van der Waals surface area contributed by atoms with Gasteiger partial charge in [0.05, 0.1) is 0 Å². The fraction of sp³-hybridized carbons (Fsp3) is 0.625. The molecule has 18 heavy (non-hydrogen) atoms. The maximum absolute atomic E-state index is 13.8. The van der Waals surface area contributed by atoms with E-state index in [2.05, 4.69) is 18.7 Å². The van der Waals surface area contributed by atoms with Crippen LogP contribution in [-0.2, 0) is 13.0 Å². The molecule has 1 aromatic carbocycles. The van der Waals surface area contributed by atoms with E-state index in [-0.39, 0.29) is 5.82 Å². The summed E-state index contributed by atoms with van der Waals surface area (Å²) in [4.78, 5) is 2.39. The Kier molecular flexibility index (Phi) is 4.76. The molecular formula is C16H24FN. The quantitative estimate of drug-likeness (QED) is 0.779. The first-order valence-corrected chi connectivity index (χ1v) is 7.22. The minimum absolute atomic E-state index is 0.0511. The average Bonchev–Trinajstić information content (AvgIpc) is 2.42. The van der Waals surface area contributed by atoms with Crippen LogP contribution in [0.15, 0.2) is 18.2 Å². The predicted octanol–water partition coefficient (Wildman–Crippen LogP) is 4.01. The van der Waals surface area contributed by atoms with Gasteiger partial charge >= 0.3 is 0 Å². The molecule has 2 heteroatoms. The van der Waals surface area contributed by atoms with E-state index >= 15 is 0 Å². The van der Waals surface area contributed by atoms with Crippen molar-refractivity contribution in [3.05, 3.63) is 35.1 Å². The highest BCUT2D eigenvalue weighted by Gasteiger charge is 2.18. The fourth-order valence-electron chi connectivity index (χ4n) is 2.76. The second-order valence-electron chi connectivity index (χ2n) is 5.41. The zero-order valence-corrected chi connectivity index (χ0v) is 11.6. The first-order chi connectivity index (χ1) is 8.72. The van der Waals surface area contributed by atoms with Crippen molar-refractivity contribution < 1.29 is 4.39 Å². The van der Waals surface area contributed by atoms with Crippen molar-refractivity contribution in [1.29, 1.82) is 0 Å². The average molecular weight is 249 g/mol. The summed E-state index contributed by atoms with van der Waals surface area (Å²) >= 11 is 0. The highest BCUT2D eigenvalue weighted by Crippen LogP contribution is 2.22. The third-order valence-electron chi connectivity index (χ3n) is 4.20. The van der Waals surface area contributed by atoms with Crippen LogP contribution in [0.4, 0.5) is 4.39 Å². The monoisotopic (exact) mass is 249 g/mol. The van der Waals surface area contributed by atoms with Crippen molar-refractivity contribution in [3.8, 4) is 0 Å². The molecule has 1 aliphatic heterocycles. The molecule has 2 rings (SSSR count). The van der Waals surface area contributed by atoms with Crippen LogP contribution in [0.1, 0.15) is 44.2 Å². The van der Waals surface area contributed by atoms with Crippen molar-refractivity contribution in [1.82, 2.24) is 4.90 Å². The van der Waals surface area contributed by atoms with Crippen LogP contribution in [0.5, 0.6) is 0 Å². The van der Waals surface area contributed by atoms with Crippen LogP contribution in [0, 0.1) is 11.7 Å². The van der Waals surface area contributed by atoms with E-state index in [1.54, 1.807) is 6.07 Å². The van der Waals surface area contributed by atoms with E-state index in [1.165, 1.54) is 24.8 Å². The molecule has 0 N–H and O–H groups in total. The highest BCUT2D eigenvalue weighted by atomic mass is 19.1. The molecule has 1 heterocycles. The summed E-state index contributed by atoms with van der Waals surface area (Å²) in [6.07, 6.45) is 4.80. The van der Waals surface area contributed by atoms with Crippen LogP contribution in [0.2, 0.25) is 0 Å². The lowest BCUT2D eigenvalue weighted by atomic mass is 9.94. The minimum atomic E-state index is -0.0511. The van der Waals surface area contributed by atoms with E-state index in [1.807, 2.05) is 12.1 Å². The molecule has 1 fully saturated rings. The molecule has 0 bridgehead atoms. The molecule has 1 aliphatic rings. The number of piperidine rings is 1. The van der Waals surface area contributed by atoms with Gasteiger partial charge in [-0.15, -0.1) is 0 Å². The lowest BCUT2D eigenvalue weighted by molar-refractivity contribution is 0.173. The minimum Gasteiger partial charge on any atom is -0.299 e. The van der Waals surface area contributed by atoms with Gasteiger partial charge in [-0.05, 0) is 49.9 Å². The van der Waals surface area contributed by atoms with Crippen LogP contribution < -0.4 is 0 Å². The van der Waals surface area contributed by atoms with Gasteiger partial charge in [0.2, 0.25) is 0 Å². The number of benzene rings is 1.